The van der Waals surface area contributed by atoms with Gasteiger partial charge in [-0.05, 0) is 27.7 Å². The Hall–Kier alpha value is -2.82. The lowest BCUT2D eigenvalue weighted by molar-refractivity contribution is -0.139. The molecule has 28 heavy (non-hydrogen) atoms. The number of hydrogen-bond acceptors (Lipinski definition) is 7. The van der Waals surface area contributed by atoms with Gasteiger partial charge in [0.05, 0.1) is 5.57 Å². The van der Waals surface area contributed by atoms with Gasteiger partial charge in [0.1, 0.15) is 11.1 Å². The maximum absolute atomic E-state index is 12.3. The quantitative estimate of drug-likeness (QED) is 0.168. The number of aliphatic carboxylic acids is 2. The Morgan fingerprint density at radius 2 is 1.68 bits per heavy atom. The number of rotatable bonds is 6. The zero-order valence-corrected chi connectivity index (χ0v) is 16.6. The van der Waals surface area contributed by atoms with Crippen LogP contribution in [0.3, 0.4) is 0 Å². The molecule has 1 fully saturated rings. The van der Waals surface area contributed by atoms with Crippen molar-refractivity contribution in [2.24, 2.45) is 5.16 Å². The number of carbonyl (C=O) groups excluding carboxylic acids is 1. The fourth-order valence-electron chi connectivity index (χ4n) is 2.47. The van der Waals surface area contributed by atoms with E-state index in [-0.39, 0.29) is 5.84 Å². The molecule has 1 rings (SSSR count). The second-order valence-electron chi connectivity index (χ2n) is 7.17. The van der Waals surface area contributed by atoms with Gasteiger partial charge in [0.2, 0.25) is 0 Å². The number of alkyl carbamates (subject to hydrolysis) is 1. The molecular weight excluding hydrogens is 374 g/mol. The summed E-state index contributed by atoms with van der Waals surface area (Å²) >= 11 is 0. The molecule has 0 aliphatic carbocycles. The highest BCUT2D eigenvalue weighted by molar-refractivity contribution is 5.97. The van der Waals surface area contributed by atoms with Crippen LogP contribution >= 0.6 is 0 Å². The number of carbonyl (C=O) groups is 3. The number of amides is 1. The fraction of sp³-hybridized carbons (Fsp3) is 0.647. The number of nitrogens with zero attached hydrogens (tertiary/aromatic N) is 1. The highest BCUT2D eigenvalue weighted by Gasteiger charge is 2.41. The van der Waals surface area contributed by atoms with Gasteiger partial charge in [0.25, 0.3) is 5.76 Å². The number of hydrogen-bond donors (Lipinski definition) is 4. The molecule has 0 saturated carbocycles. The summed E-state index contributed by atoms with van der Waals surface area (Å²) in [7, 11) is 1.52. The van der Waals surface area contributed by atoms with Crippen molar-refractivity contribution < 1.29 is 38.9 Å². The van der Waals surface area contributed by atoms with Crippen molar-refractivity contribution in [1.29, 1.82) is 0 Å². The van der Waals surface area contributed by atoms with Gasteiger partial charge in [0.15, 0.2) is 5.84 Å². The second-order valence-corrected chi connectivity index (χ2v) is 7.17. The predicted octanol–water partition coefficient (Wildman–Crippen LogP) is 1.05. The molecule has 0 bridgehead atoms. The third-order valence-corrected chi connectivity index (χ3v) is 3.86. The summed E-state index contributed by atoms with van der Waals surface area (Å²) in [5.41, 5.74) is -2.30. The first-order chi connectivity index (χ1) is 12.9. The topological polar surface area (TPSA) is 156 Å². The maximum atomic E-state index is 12.3. The Morgan fingerprint density at radius 3 is 2.11 bits per heavy atom. The molecule has 1 amide bonds. The van der Waals surface area contributed by atoms with Crippen LogP contribution in [0.1, 0.15) is 40.5 Å². The van der Waals surface area contributed by atoms with Crippen molar-refractivity contribution in [3.8, 4) is 0 Å². The van der Waals surface area contributed by atoms with Crippen molar-refractivity contribution in [2.45, 2.75) is 51.7 Å². The highest BCUT2D eigenvalue weighted by atomic mass is 16.6. The minimum absolute atomic E-state index is 0.110. The fourth-order valence-corrected chi connectivity index (χ4v) is 2.47. The van der Waals surface area contributed by atoms with E-state index < -0.39 is 40.5 Å². The van der Waals surface area contributed by atoms with Crippen LogP contribution in [0.4, 0.5) is 4.79 Å². The zero-order valence-electron chi connectivity index (χ0n) is 16.6. The molecule has 1 aliphatic rings. The van der Waals surface area contributed by atoms with Gasteiger partial charge in [-0.25, -0.2) is 14.4 Å². The number of carboxylic acid groups (broad SMARTS) is 2. The van der Waals surface area contributed by atoms with E-state index in [0.717, 1.165) is 6.92 Å². The number of likely N-dealkylation sites (N-methyl/N-ethyl adjacent to an activating group) is 1. The van der Waals surface area contributed by atoms with Crippen LogP contribution in [0.5, 0.6) is 0 Å². The molecule has 0 aromatic carbocycles. The third-order valence-electron chi connectivity index (χ3n) is 3.86. The molecule has 1 heterocycles. The smallest absolute Gasteiger partial charge is 0.408 e. The van der Waals surface area contributed by atoms with Crippen LogP contribution in [0.2, 0.25) is 0 Å². The standard InChI is InChI=1S/C17H27N3O8/c1-10(12(21)22)11(13(23)24)28-20-14(18-5)17(6-8-26-9-7-17)19-15(25)27-16(2,3)4/h6-9H2,1-5H3,(H,18,20)(H,19,25)(H,21,22)(H,23,24). The molecule has 0 aromatic heterocycles. The second kappa shape index (κ2) is 9.40. The van der Waals surface area contributed by atoms with Crippen LogP contribution in [0.15, 0.2) is 16.5 Å². The number of ether oxygens (including phenoxy) is 2. The molecule has 0 unspecified atom stereocenters. The van der Waals surface area contributed by atoms with E-state index in [2.05, 4.69) is 15.8 Å². The van der Waals surface area contributed by atoms with E-state index in [4.69, 9.17) is 19.4 Å². The molecule has 0 atom stereocenters. The van der Waals surface area contributed by atoms with Crippen molar-refractivity contribution in [3.05, 3.63) is 11.3 Å². The Labute approximate surface area is 162 Å². The summed E-state index contributed by atoms with van der Waals surface area (Å²) in [6, 6.07) is 0. The summed E-state index contributed by atoms with van der Waals surface area (Å²) in [4.78, 5) is 39.6. The van der Waals surface area contributed by atoms with Gasteiger partial charge >= 0.3 is 18.0 Å². The molecule has 4 N–H and O–H groups in total. The van der Waals surface area contributed by atoms with E-state index >= 15 is 0 Å². The first kappa shape index (κ1) is 23.2. The van der Waals surface area contributed by atoms with Crippen LogP contribution in [-0.4, -0.2) is 65.5 Å². The summed E-state index contributed by atoms with van der Waals surface area (Å²) < 4.78 is 10.6. The van der Waals surface area contributed by atoms with E-state index in [0.29, 0.717) is 26.1 Å². The van der Waals surface area contributed by atoms with E-state index in [1.54, 1.807) is 20.8 Å². The number of nitrogens with one attached hydrogen (secondary N) is 2. The minimum Gasteiger partial charge on any atom is -0.478 e. The SMILES string of the molecule is CNC(=NOC(C(=O)O)=C(C)C(=O)O)C1(NC(=O)OC(C)(C)C)CCOCC1. The first-order valence-electron chi connectivity index (χ1n) is 8.61. The number of oxime groups is 1. The monoisotopic (exact) mass is 401 g/mol. The molecular formula is C17H27N3O8. The summed E-state index contributed by atoms with van der Waals surface area (Å²) in [6.45, 7) is 6.87. The van der Waals surface area contributed by atoms with Crippen LogP contribution < -0.4 is 10.6 Å². The minimum atomic E-state index is -1.58. The predicted molar refractivity (Wildman–Crippen MR) is 97.7 cm³/mol. The normalized spacial score (nSPS) is 17.8. The van der Waals surface area contributed by atoms with Crippen LogP contribution in [-0.2, 0) is 23.9 Å². The van der Waals surface area contributed by atoms with E-state index in [1.165, 1.54) is 7.05 Å². The molecule has 158 valence electrons. The molecule has 11 heteroatoms. The summed E-state index contributed by atoms with van der Waals surface area (Å²) in [6.07, 6.45) is -0.0495. The third kappa shape index (κ3) is 6.41. The lowest BCUT2D eigenvalue weighted by atomic mass is 9.88. The average Bonchev–Trinajstić information content (AvgIpc) is 2.56. The molecule has 0 aromatic rings. The van der Waals surface area contributed by atoms with Crippen molar-refractivity contribution in [2.75, 3.05) is 20.3 Å². The Balaban J connectivity index is 3.20. The van der Waals surface area contributed by atoms with E-state index in [1.807, 2.05) is 0 Å². The van der Waals surface area contributed by atoms with Crippen LogP contribution in [0.25, 0.3) is 0 Å². The van der Waals surface area contributed by atoms with Gasteiger partial charge in [-0.1, -0.05) is 5.16 Å². The molecule has 0 spiro atoms. The first-order valence-corrected chi connectivity index (χ1v) is 8.61. The Bertz CT molecular complexity index is 672. The average molecular weight is 401 g/mol. The van der Waals surface area contributed by atoms with Crippen molar-refractivity contribution in [1.82, 2.24) is 10.6 Å². The molecule has 1 saturated heterocycles. The molecule has 11 nitrogen and oxygen atoms in total. The molecule has 0 radical (unpaired) electrons. The van der Waals surface area contributed by atoms with Crippen LogP contribution in [0, 0.1) is 0 Å². The lowest BCUT2D eigenvalue weighted by Crippen LogP contribution is -2.61. The lowest BCUT2D eigenvalue weighted by Gasteiger charge is -2.38. The summed E-state index contributed by atoms with van der Waals surface area (Å²) in [5, 5.41) is 27.5. The van der Waals surface area contributed by atoms with Gasteiger partial charge < -0.3 is 35.2 Å². The van der Waals surface area contributed by atoms with Crippen molar-refractivity contribution in [3.63, 3.8) is 0 Å². The largest absolute Gasteiger partial charge is 0.478 e. The zero-order chi connectivity index (χ0) is 21.5. The number of carboxylic acids is 2. The van der Waals surface area contributed by atoms with Gasteiger partial charge in [0, 0.05) is 33.1 Å². The Morgan fingerprint density at radius 1 is 1.11 bits per heavy atom. The van der Waals surface area contributed by atoms with Gasteiger partial charge in [-0.3, -0.25) is 0 Å². The van der Waals surface area contributed by atoms with Crippen molar-refractivity contribution >= 4 is 23.9 Å². The van der Waals surface area contributed by atoms with E-state index in [9.17, 15) is 19.5 Å². The summed E-state index contributed by atoms with van der Waals surface area (Å²) in [5.74, 6) is -3.76. The van der Waals surface area contributed by atoms with Gasteiger partial charge in [-0.2, -0.15) is 0 Å². The Kier molecular flexibility index (Phi) is 7.79. The number of amidine groups is 1. The highest BCUT2D eigenvalue weighted by Crippen LogP contribution is 2.23. The van der Waals surface area contributed by atoms with Gasteiger partial charge in [-0.15, -0.1) is 0 Å². The maximum Gasteiger partial charge on any atom is 0.408 e. The molecule has 1 aliphatic heterocycles.